The van der Waals surface area contributed by atoms with Crippen LogP contribution in [0.3, 0.4) is 0 Å². The van der Waals surface area contributed by atoms with Crippen molar-refractivity contribution in [1.82, 2.24) is 9.80 Å². The number of hydrogen-bond acceptors (Lipinski definition) is 4. The molecule has 0 radical (unpaired) electrons. The van der Waals surface area contributed by atoms with Crippen molar-refractivity contribution in [2.24, 2.45) is 0 Å². The van der Waals surface area contributed by atoms with E-state index >= 15 is 0 Å². The first-order valence-electron chi connectivity index (χ1n) is 10.0. The average molecular weight is 396 g/mol. The number of carbonyl (C=O) groups is 2. The molecule has 29 heavy (non-hydrogen) atoms. The summed E-state index contributed by atoms with van der Waals surface area (Å²) in [5.41, 5.74) is 4.38. The largest absolute Gasteiger partial charge is 0.494 e. The van der Waals surface area contributed by atoms with E-state index in [4.69, 9.17) is 4.74 Å². The predicted molar refractivity (Wildman–Crippen MR) is 114 cm³/mol. The number of carbonyl (C=O) groups excluding carboxylic acids is 2. The van der Waals surface area contributed by atoms with Crippen molar-refractivity contribution in [2.75, 3.05) is 38.6 Å². The zero-order valence-corrected chi connectivity index (χ0v) is 17.4. The summed E-state index contributed by atoms with van der Waals surface area (Å²) >= 11 is 0. The van der Waals surface area contributed by atoms with Crippen molar-refractivity contribution >= 4 is 17.5 Å². The highest BCUT2D eigenvalue weighted by atomic mass is 16.5. The van der Waals surface area contributed by atoms with Crippen LogP contribution in [0.25, 0.3) is 0 Å². The average Bonchev–Trinajstić information content (AvgIpc) is 2.69. The molecule has 6 heteroatoms. The molecular weight excluding hydrogens is 366 g/mol. The Hall–Kier alpha value is -2.86. The lowest BCUT2D eigenvalue weighted by atomic mass is 9.99. The van der Waals surface area contributed by atoms with Gasteiger partial charge < -0.3 is 15.0 Å². The number of hydrogen-bond donors (Lipinski definition) is 1. The van der Waals surface area contributed by atoms with Crippen molar-refractivity contribution in [3.63, 3.8) is 0 Å². The van der Waals surface area contributed by atoms with Crippen LogP contribution in [0.15, 0.2) is 42.5 Å². The van der Waals surface area contributed by atoms with E-state index in [0.717, 1.165) is 30.0 Å². The van der Waals surface area contributed by atoms with Gasteiger partial charge >= 0.3 is 0 Å². The van der Waals surface area contributed by atoms with Crippen molar-refractivity contribution in [2.45, 2.75) is 26.8 Å². The Bertz CT molecular complexity index is 864. The van der Waals surface area contributed by atoms with E-state index in [0.29, 0.717) is 19.7 Å². The number of aryl methyl sites for hydroxylation is 1. The third kappa shape index (κ3) is 5.81. The van der Waals surface area contributed by atoms with E-state index in [1.165, 1.54) is 16.0 Å². The Morgan fingerprint density at radius 3 is 2.62 bits per heavy atom. The summed E-state index contributed by atoms with van der Waals surface area (Å²) in [6.45, 7) is 6.47. The molecule has 1 heterocycles. The SMILES string of the molecule is CCOc1ccc2c(c1)CN(CC(=O)N(C)CC(=O)Nc1ccc(C)cc1)CC2. The maximum absolute atomic E-state index is 12.6. The maximum Gasteiger partial charge on any atom is 0.243 e. The molecule has 0 saturated carbocycles. The fraction of sp³-hybridized carbons (Fsp3) is 0.391. The molecule has 1 aliphatic heterocycles. The lowest BCUT2D eigenvalue weighted by molar-refractivity contribution is -0.134. The molecule has 3 rings (SSSR count). The molecule has 0 spiro atoms. The van der Waals surface area contributed by atoms with Gasteiger partial charge in [0.2, 0.25) is 11.8 Å². The van der Waals surface area contributed by atoms with Crippen LogP contribution in [0.5, 0.6) is 5.75 Å². The fourth-order valence-corrected chi connectivity index (χ4v) is 3.44. The minimum absolute atomic E-state index is 0.0334. The van der Waals surface area contributed by atoms with E-state index in [2.05, 4.69) is 22.3 Å². The van der Waals surface area contributed by atoms with Crippen molar-refractivity contribution in [3.05, 3.63) is 59.2 Å². The van der Waals surface area contributed by atoms with Crippen molar-refractivity contribution < 1.29 is 14.3 Å². The van der Waals surface area contributed by atoms with Gasteiger partial charge in [-0.2, -0.15) is 0 Å². The number of fused-ring (bicyclic) bond motifs is 1. The Kier molecular flexibility index (Phi) is 6.88. The monoisotopic (exact) mass is 395 g/mol. The molecule has 1 aliphatic rings. The number of ether oxygens (including phenoxy) is 1. The third-order valence-electron chi connectivity index (χ3n) is 5.08. The molecule has 0 bridgehead atoms. The van der Waals surface area contributed by atoms with E-state index in [9.17, 15) is 9.59 Å². The van der Waals surface area contributed by atoms with E-state index in [-0.39, 0.29) is 18.4 Å². The highest BCUT2D eigenvalue weighted by molar-refractivity contribution is 5.94. The van der Waals surface area contributed by atoms with Gasteiger partial charge in [-0.3, -0.25) is 14.5 Å². The predicted octanol–water partition coefficient (Wildman–Crippen LogP) is 2.85. The standard InChI is InChI=1S/C23H29N3O3/c1-4-29-21-10-7-18-11-12-26(14-19(18)13-21)16-23(28)25(3)15-22(27)24-20-8-5-17(2)6-9-20/h5-10,13H,4,11-12,14-16H2,1-3H3,(H,24,27). The van der Waals surface area contributed by atoms with Crippen LogP contribution in [-0.4, -0.2) is 54.9 Å². The van der Waals surface area contributed by atoms with Gasteiger partial charge in [0.1, 0.15) is 5.75 Å². The van der Waals surface area contributed by atoms with Gasteiger partial charge in [0, 0.05) is 25.8 Å². The number of amides is 2. The molecule has 1 N–H and O–H groups in total. The van der Waals surface area contributed by atoms with Gasteiger partial charge in [-0.05, 0) is 55.7 Å². The summed E-state index contributed by atoms with van der Waals surface area (Å²) in [4.78, 5) is 28.4. The van der Waals surface area contributed by atoms with Gasteiger partial charge in [0.15, 0.2) is 0 Å². The van der Waals surface area contributed by atoms with Gasteiger partial charge in [-0.1, -0.05) is 23.8 Å². The Morgan fingerprint density at radius 1 is 1.14 bits per heavy atom. The van der Waals surface area contributed by atoms with Crippen molar-refractivity contribution in [1.29, 1.82) is 0 Å². The number of nitrogens with zero attached hydrogens (tertiary/aromatic N) is 2. The van der Waals surface area contributed by atoms with Crippen LogP contribution in [0.2, 0.25) is 0 Å². The zero-order valence-electron chi connectivity index (χ0n) is 17.4. The van der Waals surface area contributed by atoms with Crippen LogP contribution in [0.4, 0.5) is 5.69 Å². The summed E-state index contributed by atoms with van der Waals surface area (Å²) in [7, 11) is 1.67. The lowest BCUT2D eigenvalue weighted by Gasteiger charge is -2.30. The Balaban J connectivity index is 1.51. The van der Waals surface area contributed by atoms with Crippen LogP contribution in [-0.2, 0) is 22.6 Å². The topological polar surface area (TPSA) is 61.9 Å². The van der Waals surface area contributed by atoms with Gasteiger partial charge in [0.05, 0.1) is 19.7 Å². The van der Waals surface area contributed by atoms with E-state index in [1.54, 1.807) is 7.05 Å². The number of benzene rings is 2. The first-order chi connectivity index (χ1) is 13.9. The number of nitrogens with one attached hydrogen (secondary N) is 1. The highest BCUT2D eigenvalue weighted by Crippen LogP contribution is 2.24. The second kappa shape index (κ2) is 9.56. The third-order valence-corrected chi connectivity index (χ3v) is 5.08. The number of likely N-dealkylation sites (N-methyl/N-ethyl adjacent to an activating group) is 1. The lowest BCUT2D eigenvalue weighted by Crippen LogP contribution is -2.43. The van der Waals surface area contributed by atoms with Gasteiger partial charge in [-0.25, -0.2) is 0 Å². The fourth-order valence-electron chi connectivity index (χ4n) is 3.44. The summed E-state index contributed by atoms with van der Waals surface area (Å²) in [6, 6.07) is 13.8. The maximum atomic E-state index is 12.6. The summed E-state index contributed by atoms with van der Waals surface area (Å²) in [5, 5.41) is 2.83. The summed E-state index contributed by atoms with van der Waals surface area (Å²) in [5.74, 6) is 0.604. The van der Waals surface area contributed by atoms with Crippen molar-refractivity contribution in [3.8, 4) is 5.75 Å². The molecule has 6 nitrogen and oxygen atoms in total. The van der Waals surface area contributed by atoms with Gasteiger partial charge in [-0.15, -0.1) is 0 Å². The van der Waals surface area contributed by atoms with Gasteiger partial charge in [0.25, 0.3) is 0 Å². The molecule has 2 aromatic carbocycles. The molecule has 0 unspecified atom stereocenters. The molecule has 0 aromatic heterocycles. The molecule has 0 saturated heterocycles. The van der Waals surface area contributed by atoms with Crippen LogP contribution in [0.1, 0.15) is 23.6 Å². The molecule has 154 valence electrons. The number of rotatable bonds is 7. The summed E-state index contributed by atoms with van der Waals surface area (Å²) < 4.78 is 5.59. The highest BCUT2D eigenvalue weighted by Gasteiger charge is 2.21. The molecular formula is C23H29N3O3. The second-order valence-electron chi connectivity index (χ2n) is 7.49. The minimum atomic E-state index is -0.199. The van der Waals surface area contributed by atoms with Crippen LogP contribution < -0.4 is 10.1 Å². The Morgan fingerprint density at radius 2 is 1.90 bits per heavy atom. The smallest absolute Gasteiger partial charge is 0.243 e. The normalized spacial score (nSPS) is 13.5. The van der Waals surface area contributed by atoms with E-state index < -0.39 is 0 Å². The first kappa shape index (κ1) is 20.9. The first-order valence-corrected chi connectivity index (χ1v) is 10.0. The quantitative estimate of drug-likeness (QED) is 0.783. The molecule has 0 aliphatic carbocycles. The van der Waals surface area contributed by atoms with Crippen LogP contribution in [0, 0.1) is 6.92 Å². The second-order valence-corrected chi connectivity index (χ2v) is 7.49. The molecule has 2 aromatic rings. The number of anilines is 1. The Labute approximate surface area is 172 Å². The summed E-state index contributed by atoms with van der Waals surface area (Å²) in [6.07, 6.45) is 0.909. The molecule has 0 atom stereocenters. The zero-order chi connectivity index (χ0) is 20.8. The van der Waals surface area contributed by atoms with E-state index in [1.807, 2.05) is 44.2 Å². The molecule has 2 amide bonds. The molecule has 0 fully saturated rings. The minimum Gasteiger partial charge on any atom is -0.494 e. The van der Waals surface area contributed by atoms with Crippen LogP contribution >= 0.6 is 0 Å².